The van der Waals surface area contributed by atoms with Crippen LogP contribution in [-0.4, -0.2) is 16.1 Å². The second kappa shape index (κ2) is 8.28. The number of hydrogen-bond acceptors (Lipinski definition) is 2. The molecule has 172 valence electrons. The number of benzene rings is 3. The molecule has 0 saturated heterocycles. The van der Waals surface area contributed by atoms with Crippen molar-refractivity contribution >= 4 is 33.3 Å². The Morgan fingerprint density at radius 3 is 2.40 bits per heavy atom. The molecule has 0 radical (unpaired) electrons. The van der Waals surface area contributed by atoms with Crippen molar-refractivity contribution in [3.8, 4) is 5.69 Å². The van der Waals surface area contributed by atoms with Crippen LogP contribution in [0.15, 0.2) is 109 Å². The number of aromatic nitrogens is 2. The highest BCUT2D eigenvalue weighted by Gasteiger charge is 2.39. The summed E-state index contributed by atoms with van der Waals surface area (Å²) < 4.78 is 2.35. The van der Waals surface area contributed by atoms with E-state index in [0.717, 1.165) is 23.6 Å². The number of para-hydroxylation sites is 3. The van der Waals surface area contributed by atoms with Crippen molar-refractivity contribution in [2.75, 3.05) is 11.4 Å². The summed E-state index contributed by atoms with van der Waals surface area (Å²) >= 11 is 0. The lowest BCUT2D eigenvalue weighted by Gasteiger charge is -2.41. The summed E-state index contributed by atoms with van der Waals surface area (Å²) in [6.07, 6.45) is 10.5. The minimum Gasteiger partial charge on any atom is -0.322 e. The molecule has 0 unspecified atom stereocenters. The van der Waals surface area contributed by atoms with Crippen molar-refractivity contribution in [2.24, 2.45) is 0 Å². The molecule has 3 aromatic carbocycles. The highest BCUT2D eigenvalue weighted by molar-refractivity contribution is 6.13. The van der Waals surface area contributed by atoms with Gasteiger partial charge in [-0.15, -0.1) is 0 Å². The molecule has 3 nitrogen and oxygen atoms in total. The van der Waals surface area contributed by atoms with E-state index in [9.17, 15) is 0 Å². The molecule has 6 rings (SSSR count). The van der Waals surface area contributed by atoms with E-state index >= 15 is 0 Å². The Labute approximate surface area is 206 Å². The third-order valence-electron chi connectivity index (χ3n) is 7.18. The van der Waals surface area contributed by atoms with Crippen LogP contribution in [0.4, 0.5) is 11.5 Å². The average molecular weight is 456 g/mol. The highest BCUT2D eigenvalue weighted by Crippen LogP contribution is 2.52. The molecule has 35 heavy (non-hydrogen) atoms. The standard InChI is InChI=1S/C32H29N3/c1-4-5-6-14-21-34-27-20-13-11-18-25(27)32(2,3)30-29-24-17-10-12-19-26(24)35(23-15-8-7-9-16-23)28(29)22-33-31(30)34/h4-20,22H,21H2,1-3H3. The van der Waals surface area contributed by atoms with E-state index in [0.29, 0.717) is 0 Å². The second-order valence-corrected chi connectivity index (χ2v) is 9.61. The zero-order chi connectivity index (χ0) is 24.0. The molecule has 0 aliphatic carbocycles. The Bertz CT molecular complexity index is 1600. The van der Waals surface area contributed by atoms with Gasteiger partial charge in [0.25, 0.3) is 0 Å². The maximum atomic E-state index is 5.16. The van der Waals surface area contributed by atoms with Crippen LogP contribution in [0, 0.1) is 0 Å². The zero-order valence-electron chi connectivity index (χ0n) is 20.4. The molecule has 0 spiro atoms. The fraction of sp³-hybridized carbons (Fsp3) is 0.156. The van der Waals surface area contributed by atoms with Gasteiger partial charge in [0.1, 0.15) is 5.82 Å². The Morgan fingerprint density at radius 1 is 0.829 bits per heavy atom. The maximum absolute atomic E-state index is 5.16. The first-order valence-corrected chi connectivity index (χ1v) is 12.3. The number of allylic oxidation sites excluding steroid dienone is 3. The summed E-state index contributed by atoms with van der Waals surface area (Å²) in [5, 5.41) is 2.55. The van der Waals surface area contributed by atoms with Crippen LogP contribution in [0.25, 0.3) is 27.5 Å². The minimum absolute atomic E-state index is 0.201. The van der Waals surface area contributed by atoms with Crippen molar-refractivity contribution in [1.29, 1.82) is 0 Å². The molecule has 1 aliphatic rings. The first-order chi connectivity index (χ1) is 17.1. The molecule has 0 saturated carbocycles. The molecular weight excluding hydrogens is 426 g/mol. The molecule has 1 aliphatic heterocycles. The topological polar surface area (TPSA) is 21.1 Å². The van der Waals surface area contributed by atoms with Crippen LogP contribution in [0.1, 0.15) is 31.9 Å². The van der Waals surface area contributed by atoms with Gasteiger partial charge in [-0.2, -0.15) is 0 Å². The van der Waals surface area contributed by atoms with Crippen molar-refractivity contribution < 1.29 is 0 Å². The Kier molecular flexibility index (Phi) is 5.07. The van der Waals surface area contributed by atoms with Gasteiger partial charge in [-0.25, -0.2) is 4.98 Å². The highest BCUT2D eigenvalue weighted by atomic mass is 15.2. The van der Waals surface area contributed by atoms with E-state index in [4.69, 9.17) is 4.98 Å². The Balaban J connectivity index is 1.71. The lowest BCUT2D eigenvalue weighted by molar-refractivity contribution is 0.629. The first-order valence-electron chi connectivity index (χ1n) is 12.3. The lowest BCUT2D eigenvalue weighted by atomic mass is 9.73. The normalized spacial score (nSPS) is 14.8. The smallest absolute Gasteiger partial charge is 0.138 e. The van der Waals surface area contributed by atoms with Gasteiger partial charge < -0.3 is 9.47 Å². The Morgan fingerprint density at radius 2 is 1.57 bits per heavy atom. The second-order valence-electron chi connectivity index (χ2n) is 9.61. The van der Waals surface area contributed by atoms with Crippen LogP contribution in [0.3, 0.4) is 0 Å². The molecular formula is C32H29N3. The largest absolute Gasteiger partial charge is 0.322 e. The van der Waals surface area contributed by atoms with Gasteiger partial charge in [0, 0.05) is 39.7 Å². The molecule has 5 aromatic rings. The number of pyridine rings is 1. The van der Waals surface area contributed by atoms with Crippen molar-refractivity contribution in [3.05, 3.63) is 120 Å². The van der Waals surface area contributed by atoms with Crippen LogP contribution in [0.2, 0.25) is 0 Å². The van der Waals surface area contributed by atoms with E-state index in [1.54, 1.807) is 0 Å². The van der Waals surface area contributed by atoms with Crippen LogP contribution in [0.5, 0.6) is 0 Å². The summed E-state index contributed by atoms with van der Waals surface area (Å²) in [5.74, 6) is 1.04. The fourth-order valence-corrected chi connectivity index (χ4v) is 5.62. The number of anilines is 2. The molecule has 0 fully saturated rings. The molecule has 0 amide bonds. The summed E-state index contributed by atoms with van der Waals surface area (Å²) in [6.45, 7) is 7.49. The predicted molar refractivity (Wildman–Crippen MR) is 148 cm³/mol. The minimum atomic E-state index is -0.201. The molecule has 2 aromatic heterocycles. The van der Waals surface area contributed by atoms with Gasteiger partial charge in [-0.05, 0) is 36.8 Å². The van der Waals surface area contributed by atoms with Gasteiger partial charge in [0.05, 0.1) is 17.2 Å². The lowest BCUT2D eigenvalue weighted by Crippen LogP contribution is -2.34. The SMILES string of the molecule is CC=CC=CCN1c2ccccc2C(C)(C)c2c1ncc1c2c2ccccc2n1-c1ccccc1. The summed E-state index contributed by atoms with van der Waals surface area (Å²) in [6, 6.07) is 28.1. The van der Waals surface area contributed by atoms with E-state index in [-0.39, 0.29) is 5.41 Å². The zero-order valence-corrected chi connectivity index (χ0v) is 20.4. The van der Waals surface area contributed by atoms with Gasteiger partial charge >= 0.3 is 0 Å². The van der Waals surface area contributed by atoms with Crippen LogP contribution < -0.4 is 4.90 Å². The summed E-state index contributed by atoms with van der Waals surface area (Å²) in [4.78, 5) is 7.52. The maximum Gasteiger partial charge on any atom is 0.138 e. The van der Waals surface area contributed by atoms with Crippen LogP contribution >= 0.6 is 0 Å². The van der Waals surface area contributed by atoms with E-state index < -0.39 is 0 Å². The Hall–Kier alpha value is -4.11. The van der Waals surface area contributed by atoms with Crippen molar-refractivity contribution in [3.63, 3.8) is 0 Å². The molecule has 3 heteroatoms. The van der Waals surface area contributed by atoms with Crippen LogP contribution in [-0.2, 0) is 5.41 Å². The van der Waals surface area contributed by atoms with Gasteiger partial charge in [-0.3, -0.25) is 0 Å². The van der Waals surface area contributed by atoms with E-state index in [2.05, 4.69) is 133 Å². The van der Waals surface area contributed by atoms with E-state index in [1.807, 2.05) is 6.92 Å². The quantitative estimate of drug-likeness (QED) is 0.255. The van der Waals surface area contributed by atoms with E-state index in [1.165, 1.54) is 33.1 Å². The number of fused-ring (bicyclic) bond motifs is 6. The molecule has 0 N–H and O–H groups in total. The number of hydrogen-bond donors (Lipinski definition) is 0. The van der Waals surface area contributed by atoms with Crippen molar-refractivity contribution in [2.45, 2.75) is 26.2 Å². The van der Waals surface area contributed by atoms with Gasteiger partial charge in [0.2, 0.25) is 0 Å². The molecule has 0 bridgehead atoms. The van der Waals surface area contributed by atoms with Gasteiger partial charge in [-0.1, -0.05) is 92.7 Å². The third-order valence-corrected chi connectivity index (χ3v) is 7.18. The molecule has 3 heterocycles. The van der Waals surface area contributed by atoms with Gasteiger partial charge in [0.15, 0.2) is 0 Å². The fourth-order valence-electron chi connectivity index (χ4n) is 5.62. The number of nitrogens with zero attached hydrogens (tertiary/aromatic N) is 3. The number of rotatable bonds is 4. The summed E-state index contributed by atoms with van der Waals surface area (Å²) in [5.41, 5.74) is 7.16. The third kappa shape index (κ3) is 3.23. The summed E-state index contributed by atoms with van der Waals surface area (Å²) in [7, 11) is 0. The molecule has 0 atom stereocenters. The van der Waals surface area contributed by atoms with Crippen molar-refractivity contribution in [1.82, 2.24) is 9.55 Å². The first kappa shape index (κ1) is 21.4. The monoisotopic (exact) mass is 455 g/mol. The predicted octanol–water partition coefficient (Wildman–Crippen LogP) is 8.09. The average Bonchev–Trinajstić information content (AvgIpc) is 3.23.